The molecule has 0 saturated heterocycles. The molecular weight excluding hydrogens is 286 g/mol. The Balaban J connectivity index is 2.23. The van der Waals surface area contributed by atoms with Gasteiger partial charge in [-0.05, 0) is 48.3 Å². The number of halogens is 1. The van der Waals surface area contributed by atoms with Crippen LogP contribution in [0.1, 0.15) is 16.1 Å². The minimum absolute atomic E-state index is 0.828. The Morgan fingerprint density at radius 3 is 2.62 bits per heavy atom. The maximum Gasteiger partial charge on any atom is 0.188 e. The van der Waals surface area contributed by atoms with E-state index in [1.165, 1.54) is 4.88 Å². The second kappa shape index (κ2) is 4.51. The van der Waals surface area contributed by atoms with E-state index in [0.29, 0.717) is 0 Å². The van der Waals surface area contributed by atoms with E-state index in [1.54, 1.807) is 17.5 Å². The van der Waals surface area contributed by atoms with E-state index in [9.17, 15) is 0 Å². The largest absolute Gasteiger partial charge is 0.316 e. The molecule has 0 aromatic carbocycles. The van der Waals surface area contributed by atoms with Gasteiger partial charge in [-0.1, -0.05) is 0 Å². The topological polar surface area (TPSA) is 37.8 Å². The number of aryl methyl sites for hydroxylation is 3. The number of hydrogen-bond donors (Lipinski definition) is 1. The second-order valence-electron chi connectivity index (χ2n) is 3.60. The van der Waals surface area contributed by atoms with Gasteiger partial charge in [-0.25, -0.2) is 9.97 Å². The van der Waals surface area contributed by atoms with Gasteiger partial charge in [0.15, 0.2) is 5.13 Å². The molecule has 0 aliphatic carbocycles. The number of nitrogens with one attached hydrogen (secondary N) is 1. The molecule has 16 heavy (non-hydrogen) atoms. The second-order valence-corrected chi connectivity index (χ2v) is 5.66. The molecule has 0 bridgehead atoms. The Morgan fingerprint density at radius 2 is 2.06 bits per heavy atom. The molecule has 5 heteroatoms. The highest BCUT2D eigenvalue weighted by Gasteiger charge is 2.05. The quantitative estimate of drug-likeness (QED) is 0.911. The highest BCUT2D eigenvalue weighted by Crippen LogP contribution is 2.25. The van der Waals surface area contributed by atoms with Gasteiger partial charge in [-0.3, -0.25) is 0 Å². The highest BCUT2D eigenvalue weighted by atomic mass is 79.9. The van der Waals surface area contributed by atoms with E-state index in [1.807, 2.05) is 19.9 Å². The summed E-state index contributed by atoms with van der Waals surface area (Å²) in [6, 6.07) is 2.00. The van der Waals surface area contributed by atoms with Gasteiger partial charge >= 0.3 is 0 Å². The molecule has 0 fully saturated rings. The van der Waals surface area contributed by atoms with Crippen LogP contribution in [0.4, 0.5) is 10.9 Å². The van der Waals surface area contributed by atoms with Crippen molar-refractivity contribution in [1.82, 2.24) is 9.97 Å². The number of nitrogens with zero attached hydrogens (tertiary/aromatic N) is 2. The fourth-order valence-electron chi connectivity index (χ4n) is 1.24. The molecule has 1 N–H and O–H groups in total. The first-order valence-electron chi connectivity index (χ1n) is 4.89. The number of pyridine rings is 1. The van der Waals surface area contributed by atoms with Crippen LogP contribution in [0.2, 0.25) is 0 Å². The van der Waals surface area contributed by atoms with Crippen molar-refractivity contribution in [2.75, 3.05) is 5.32 Å². The van der Waals surface area contributed by atoms with Crippen LogP contribution in [0, 0.1) is 20.8 Å². The van der Waals surface area contributed by atoms with Crippen molar-refractivity contribution in [1.29, 1.82) is 0 Å². The summed E-state index contributed by atoms with van der Waals surface area (Å²) in [5.74, 6) is 0.828. The lowest BCUT2D eigenvalue weighted by molar-refractivity contribution is 1.20. The first-order chi connectivity index (χ1) is 7.56. The Labute approximate surface area is 107 Å². The van der Waals surface area contributed by atoms with Crippen LogP contribution < -0.4 is 5.32 Å². The van der Waals surface area contributed by atoms with E-state index < -0.39 is 0 Å². The number of thiazole rings is 1. The zero-order chi connectivity index (χ0) is 11.7. The molecule has 2 aromatic rings. The number of hydrogen-bond acceptors (Lipinski definition) is 4. The van der Waals surface area contributed by atoms with Crippen LogP contribution in [0.25, 0.3) is 0 Å². The van der Waals surface area contributed by atoms with Gasteiger partial charge in [0.05, 0.1) is 5.69 Å². The average molecular weight is 298 g/mol. The maximum absolute atomic E-state index is 4.41. The Bertz CT molecular complexity index is 502. The minimum Gasteiger partial charge on any atom is -0.316 e. The van der Waals surface area contributed by atoms with Crippen molar-refractivity contribution in [3.63, 3.8) is 0 Å². The lowest BCUT2D eigenvalue weighted by Crippen LogP contribution is -1.93. The molecule has 0 aliphatic rings. The SMILES string of the molecule is Cc1cc(Nc2nc(C)c(C)s2)ncc1Br. The third-order valence-electron chi connectivity index (χ3n) is 2.31. The standard InChI is InChI=1S/C11H12BrN3S/c1-6-4-10(13-5-9(6)12)15-11-14-7(2)8(3)16-11/h4-5H,1-3H3,(H,13,14,15). The predicted molar refractivity (Wildman–Crippen MR) is 71.5 cm³/mol. The summed E-state index contributed by atoms with van der Waals surface area (Å²) in [7, 11) is 0. The van der Waals surface area contributed by atoms with Crippen molar-refractivity contribution >= 4 is 38.2 Å². The van der Waals surface area contributed by atoms with E-state index in [4.69, 9.17) is 0 Å². The zero-order valence-corrected chi connectivity index (χ0v) is 11.7. The van der Waals surface area contributed by atoms with Crippen LogP contribution in [-0.4, -0.2) is 9.97 Å². The summed E-state index contributed by atoms with van der Waals surface area (Å²) >= 11 is 5.07. The molecule has 2 heterocycles. The monoisotopic (exact) mass is 297 g/mol. The van der Waals surface area contributed by atoms with Gasteiger partial charge in [-0.15, -0.1) is 11.3 Å². The number of rotatable bonds is 2. The summed E-state index contributed by atoms with van der Waals surface area (Å²) in [5.41, 5.74) is 2.23. The Morgan fingerprint density at radius 1 is 1.31 bits per heavy atom. The average Bonchev–Trinajstić information content (AvgIpc) is 2.52. The van der Waals surface area contributed by atoms with Crippen molar-refractivity contribution in [2.24, 2.45) is 0 Å². The summed E-state index contributed by atoms with van der Waals surface area (Å²) in [6.07, 6.45) is 1.80. The molecule has 0 amide bonds. The van der Waals surface area contributed by atoms with Crippen molar-refractivity contribution in [3.8, 4) is 0 Å². The molecule has 0 spiro atoms. The van der Waals surface area contributed by atoms with E-state index in [0.717, 1.165) is 26.7 Å². The highest BCUT2D eigenvalue weighted by molar-refractivity contribution is 9.10. The van der Waals surface area contributed by atoms with Crippen LogP contribution in [0.15, 0.2) is 16.7 Å². The summed E-state index contributed by atoms with van der Waals surface area (Å²) in [6.45, 7) is 6.12. The smallest absolute Gasteiger partial charge is 0.188 e. The lowest BCUT2D eigenvalue weighted by atomic mass is 10.3. The Hall–Kier alpha value is -0.940. The van der Waals surface area contributed by atoms with Gasteiger partial charge in [0.1, 0.15) is 5.82 Å². The molecule has 2 aromatic heterocycles. The first-order valence-corrected chi connectivity index (χ1v) is 6.50. The molecular formula is C11H12BrN3S. The van der Waals surface area contributed by atoms with E-state index >= 15 is 0 Å². The van der Waals surface area contributed by atoms with Gasteiger partial charge < -0.3 is 5.32 Å². The lowest BCUT2D eigenvalue weighted by Gasteiger charge is -2.03. The van der Waals surface area contributed by atoms with Gasteiger partial charge in [-0.2, -0.15) is 0 Å². The normalized spacial score (nSPS) is 10.5. The third-order valence-corrected chi connectivity index (χ3v) is 4.13. The number of anilines is 2. The molecule has 0 aliphatic heterocycles. The van der Waals surface area contributed by atoms with Crippen LogP contribution in [-0.2, 0) is 0 Å². The Kier molecular flexibility index (Phi) is 3.25. The van der Waals surface area contributed by atoms with Crippen LogP contribution in [0.5, 0.6) is 0 Å². The molecule has 0 unspecified atom stereocenters. The molecule has 0 saturated carbocycles. The zero-order valence-electron chi connectivity index (χ0n) is 9.34. The molecule has 0 atom stereocenters. The summed E-state index contributed by atoms with van der Waals surface area (Å²) in [4.78, 5) is 9.93. The van der Waals surface area contributed by atoms with Crippen LogP contribution in [0.3, 0.4) is 0 Å². The van der Waals surface area contributed by atoms with E-state index in [-0.39, 0.29) is 0 Å². The predicted octanol–water partition coefficient (Wildman–Crippen LogP) is 3.97. The molecule has 3 nitrogen and oxygen atoms in total. The van der Waals surface area contributed by atoms with Crippen molar-refractivity contribution in [3.05, 3.63) is 32.9 Å². The number of aromatic nitrogens is 2. The fraction of sp³-hybridized carbons (Fsp3) is 0.273. The van der Waals surface area contributed by atoms with Gasteiger partial charge in [0.2, 0.25) is 0 Å². The van der Waals surface area contributed by atoms with E-state index in [2.05, 4.69) is 38.1 Å². The van der Waals surface area contributed by atoms with Crippen molar-refractivity contribution < 1.29 is 0 Å². The summed E-state index contributed by atoms with van der Waals surface area (Å²) in [5, 5.41) is 4.10. The third kappa shape index (κ3) is 2.41. The maximum atomic E-state index is 4.41. The molecule has 84 valence electrons. The summed E-state index contributed by atoms with van der Waals surface area (Å²) < 4.78 is 1.02. The van der Waals surface area contributed by atoms with Gasteiger partial charge in [0.25, 0.3) is 0 Å². The van der Waals surface area contributed by atoms with Crippen molar-refractivity contribution in [2.45, 2.75) is 20.8 Å². The van der Waals surface area contributed by atoms with Gasteiger partial charge in [0, 0.05) is 15.5 Å². The van der Waals surface area contributed by atoms with Crippen LogP contribution >= 0.6 is 27.3 Å². The molecule has 2 rings (SSSR count). The first kappa shape index (κ1) is 11.5. The molecule has 0 radical (unpaired) electrons. The fourth-order valence-corrected chi connectivity index (χ4v) is 2.28. The minimum atomic E-state index is 0.828.